The van der Waals surface area contributed by atoms with Crippen LogP contribution in [-0.2, 0) is 16.0 Å². The zero-order valence-corrected chi connectivity index (χ0v) is 11.5. The van der Waals surface area contributed by atoms with Crippen LogP contribution in [-0.4, -0.2) is 25.7 Å². The molecule has 1 heterocycles. The predicted molar refractivity (Wildman–Crippen MR) is 75.3 cm³/mol. The van der Waals surface area contributed by atoms with Gasteiger partial charge in [0.1, 0.15) is 6.04 Å². The molecule has 0 amide bonds. The molecule has 1 atom stereocenters. The van der Waals surface area contributed by atoms with Gasteiger partial charge in [-0.15, -0.1) is 0 Å². The van der Waals surface area contributed by atoms with Crippen molar-refractivity contribution in [2.75, 3.05) is 18.6 Å². The van der Waals surface area contributed by atoms with Crippen molar-refractivity contribution in [2.45, 2.75) is 38.1 Å². The summed E-state index contributed by atoms with van der Waals surface area (Å²) in [6, 6.07) is 8.42. The van der Waals surface area contributed by atoms with Gasteiger partial charge in [0.05, 0.1) is 7.11 Å². The van der Waals surface area contributed by atoms with Gasteiger partial charge in [-0.1, -0.05) is 18.2 Å². The molecule has 0 bridgehead atoms. The summed E-state index contributed by atoms with van der Waals surface area (Å²) < 4.78 is 5.04. The Bertz CT molecular complexity index is 468. The molecule has 1 fully saturated rings. The first-order valence-electron chi connectivity index (χ1n) is 7.23. The largest absolute Gasteiger partial charge is 0.467 e. The van der Waals surface area contributed by atoms with Gasteiger partial charge in [-0.25, -0.2) is 4.79 Å². The molecule has 1 aliphatic heterocycles. The monoisotopic (exact) mass is 259 g/mol. The van der Waals surface area contributed by atoms with E-state index < -0.39 is 0 Å². The molecule has 0 N–H and O–H groups in total. The van der Waals surface area contributed by atoms with E-state index in [2.05, 4.69) is 29.2 Å². The number of methoxy groups -OCH3 is 1. The molecule has 0 aromatic heterocycles. The third kappa shape index (κ3) is 2.46. The SMILES string of the molecule is COC(=O)C(C1CC1)N1CCCCc2ccccc21. The number of para-hydroxylation sites is 1. The van der Waals surface area contributed by atoms with Gasteiger partial charge in [0, 0.05) is 12.2 Å². The molecule has 0 radical (unpaired) electrons. The minimum Gasteiger partial charge on any atom is -0.467 e. The minimum atomic E-state index is -0.0794. The highest BCUT2D eigenvalue weighted by molar-refractivity contribution is 5.81. The Morgan fingerprint density at radius 2 is 2.11 bits per heavy atom. The van der Waals surface area contributed by atoms with E-state index in [-0.39, 0.29) is 12.0 Å². The number of hydrogen-bond donors (Lipinski definition) is 0. The highest BCUT2D eigenvalue weighted by atomic mass is 16.5. The van der Waals surface area contributed by atoms with Gasteiger partial charge >= 0.3 is 5.97 Å². The fourth-order valence-electron chi connectivity index (χ4n) is 3.12. The van der Waals surface area contributed by atoms with Crippen LogP contribution in [0.5, 0.6) is 0 Å². The smallest absolute Gasteiger partial charge is 0.328 e. The maximum atomic E-state index is 12.2. The van der Waals surface area contributed by atoms with Crippen LogP contribution < -0.4 is 4.90 Å². The van der Waals surface area contributed by atoms with Crippen molar-refractivity contribution < 1.29 is 9.53 Å². The van der Waals surface area contributed by atoms with Crippen LogP contribution in [0.3, 0.4) is 0 Å². The number of esters is 1. The molecule has 1 aromatic rings. The summed E-state index contributed by atoms with van der Waals surface area (Å²) in [4.78, 5) is 14.4. The Kier molecular flexibility index (Phi) is 3.45. The number of aryl methyl sites for hydroxylation is 1. The molecule has 3 heteroatoms. The summed E-state index contributed by atoms with van der Waals surface area (Å²) in [6.45, 7) is 0.966. The van der Waals surface area contributed by atoms with Crippen LogP contribution in [0.1, 0.15) is 31.2 Å². The quantitative estimate of drug-likeness (QED) is 0.782. The predicted octanol–water partition coefficient (Wildman–Crippen LogP) is 2.78. The first kappa shape index (κ1) is 12.5. The van der Waals surface area contributed by atoms with Crippen molar-refractivity contribution >= 4 is 11.7 Å². The second kappa shape index (κ2) is 5.24. The number of benzene rings is 1. The third-order valence-corrected chi connectivity index (χ3v) is 4.24. The van der Waals surface area contributed by atoms with Gasteiger partial charge in [-0.3, -0.25) is 0 Å². The second-order valence-corrected chi connectivity index (χ2v) is 5.58. The Morgan fingerprint density at radius 3 is 2.84 bits per heavy atom. The van der Waals surface area contributed by atoms with E-state index >= 15 is 0 Å². The van der Waals surface area contributed by atoms with E-state index in [1.165, 1.54) is 24.8 Å². The molecule has 1 unspecified atom stereocenters. The maximum Gasteiger partial charge on any atom is 0.328 e. The van der Waals surface area contributed by atoms with Gasteiger partial charge < -0.3 is 9.64 Å². The van der Waals surface area contributed by atoms with E-state index in [1.807, 2.05) is 0 Å². The number of ether oxygens (including phenoxy) is 1. The Labute approximate surface area is 114 Å². The average molecular weight is 259 g/mol. The summed E-state index contributed by atoms with van der Waals surface area (Å²) in [6.07, 6.45) is 5.77. The molecule has 102 valence electrons. The summed E-state index contributed by atoms with van der Waals surface area (Å²) >= 11 is 0. The zero-order chi connectivity index (χ0) is 13.2. The summed E-state index contributed by atoms with van der Waals surface area (Å²) in [7, 11) is 1.50. The van der Waals surface area contributed by atoms with Crippen LogP contribution >= 0.6 is 0 Å². The lowest BCUT2D eigenvalue weighted by molar-refractivity contribution is -0.142. The first-order chi connectivity index (χ1) is 9.31. The molecule has 1 saturated carbocycles. The van der Waals surface area contributed by atoms with Gasteiger partial charge in [-0.2, -0.15) is 0 Å². The van der Waals surface area contributed by atoms with Crippen LogP contribution in [0.4, 0.5) is 5.69 Å². The number of anilines is 1. The number of hydrogen-bond acceptors (Lipinski definition) is 3. The molecule has 0 spiro atoms. The molecular formula is C16H21NO2. The van der Waals surface area contributed by atoms with E-state index in [1.54, 1.807) is 0 Å². The fourth-order valence-corrected chi connectivity index (χ4v) is 3.12. The van der Waals surface area contributed by atoms with Crippen molar-refractivity contribution in [3.8, 4) is 0 Å². The lowest BCUT2D eigenvalue weighted by Crippen LogP contribution is -2.44. The molecule has 3 nitrogen and oxygen atoms in total. The molecule has 0 saturated heterocycles. The average Bonchev–Trinajstić information content (AvgIpc) is 3.27. The van der Waals surface area contributed by atoms with Crippen LogP contribution in [0.15, 0.2) is 24.3 Å². The van der Waals surface area contributed by atoms with Gasteiger partial charge in [0.15, 0.2) is 0 Å². The standard InChI is InChI=1S/C16H21NO2/c1-19-16(18)15(13-9-10-13)17-11-5-4-7-12-6-2-3-8-14(12)17/h2-3,6,8,13,15H,4-5,7,9-11H2,1H3. The number of carbonyl (C=O) groups excluding carboxylic acids is 1. The van der Waals surface area contributed by atoms with Crippen molar-refractivity contribution in [1.29, 1.82) is 0 Å². The zero-order valence-electron chi connectivity index (χ0n) is 11.5. The van der Waals surface area contributed by atoms with Gasteiger partial charge in [-0.05, 0) is 49.7 Å². The second-order valence-electron chi connectivity index (χ2n) is 5.58. The van der Waals surface area contributed by atoms with Crippen molar-refractivity contribution in [2.24, 2.45) is 5.92 Å². The highest BCUT2D eigenvalue weighted by Gasteiger charge is 2.41. The van der Waals surface area contributed by atoms with E-state index in [9.17, 15) is 4.79 Å². The molecule has 19 heavy (non-hydrogen) atoms. The molecule has 3 rings (SSSR count). The van der Waals surface area contributed by atoms with E-state index in [4.69, 9.17) is 4.74 Å². The molecule has 1 aromatic carbocycles. The highest BCUT2D eigenvalue weighted by Crippen LogP contribution is 2.39. The summed E-state index contributed by atoms with van der Waals surface area (Å²) in [5.41, 5.74) is 2.61. The van der Waals surface area contributed by atoms with Crippen molar-refractivity contribution in [3.05, 3.63) is 29.8 Å². The number of carbonyl (C=O) groups is 1. The van der Waals surface area contributed by atoms with Crippen molar-refractivity contribution in [1.82, 2.24) is 0 Å². The number of nitrogens with zero attached hydrogens (tertiary/aromatic N) is 1. The Balaban J connectivity index is 1.95. The lowest BCUT2D eigenvalue weighted by atomic mass is 10.1. The maximum absolute atomic E-state index is 12.2. The minimum absolute atomic E-state index is 0.0702. The van der Waals surface area contributed by atoms with Crippen LogP contribution in [0.25, 0.3) is 0 Å². The first-order valence-corrected chi connectivity index (χ1v) is 7.23. The number of fused-ring (bicyclic) bond motifs is 1. The van der Waals surface area contributed by atoms with E-state index in [0.717, 1.165) is 32.2 Å². The lowest BCUT2D eigenvalue weighted by Gasteiger charge is -2.32. The fraction of sp³-hybridized carbons (Fsp3) is 0.562. The third-order valence-electron chi connectivity index (χ3n) is 4.24. The van der Waals surface area contributed by atoms with Gasteiger partial charge in [0.25, 0.3) is 0 Å². The molecular weight excluding hydrogens is 238 g/mol. The van der Waals surface area contributed by atoms with E-state index in [0.29, 0.717) is 5.92 Å². The topological polar surface area (TPSA) is 29.5 Å². The van der Waals surface area contributed by atoms with Crippen molar-refractivity contribution in [3.63, 3.8) is 0 Å². The Morgan fingerprint density at radius 1 is 1.32 bits per heavy atom. The molecule has 2 aliphatic rings. The van der Waals surface area contributed by atoms with Crippen LogP contribution in [0, 0.1) is 5.92 Å². The normalized spacial score (nSPS) is 20.4. The van der Waals surface area contributed by atoms with Gasteiger partial charge in [0.2, 0.25) is 0 Å². The van der Waals surface area contributed by atoms with Crippen LogP contribution in [0.2, 0.25) is 0 Å². The summed E-state index contributed by atoms with van der Waals surface area (Å²) in [5, 5.41) is 0. The Hall–Kier alpha value is -1.51. The molecule has 1 aliphatic carbocycles. The summed E-state index contributed by atoms with van der Waals surface area (Å²) in [5.74, 6) is 0.415. The number of rotatable bonds is 3.